The van der Waals surface area contributed by atoms with Gasteiger partial charge in [0.25, 0.3) is 0 Å². The number of nitrogens with zero attached hydrogens (tertiary/aromatic N) is 3. The number of hydrogen-bond acceptors (Lipinski definition) is 4. The zero-order valence-electron chi connectivity index (χ0n) is 16.3. The minimum atomic E-state index is 0.192. The van der Waals surface area contributed by atoms with Crippen molar-refractivity contribution in [1.29, 1.82) is 0 Å². The number of pyridine rings is 1. The highest BCUT2D eigenvalue weighted by molar-refractivity contribution is 5.78. The maximum atomic E-state index is 11.2. The Morgan fingerprint density at radius 2 is 1.77 bits per heavy atom. The molecule has 2 aromatic rings. The Morgan fingerprint density at radius 3 is 2.31 bits per heavy atom. The molecule has 2 heterocycles. The van der Waals surface area contributed by atoms with E-state index in [0.717, 1.165) is 48.7 Å². The lowest BCUT2D eigenvalue weighted by Gasteiger charge is -2.37. The maximum Gasteiger partial charge on any atom is 0.134 e. The molecule has 0 unspecified atom stereocenters. The van der Waals surface area contributed by atoms with Crippen molar-refractivity contribution in [3.05, 3.63) is 47.7 Å². The van der Waals surface area contributed by atoms with Crippen LogP contribution < -0.4 is 4.90 Å². The topological polar surface area (TPSA) is 36.4 Å². The molecule has 4 nitrogen and oxygen atoms in total. The normalized spacial score (nSPS) is 15.5. The lowest BCUT2D eigenvalue weighted by atomic mass is 10.00. The summed E-state index contributed by atoms with van der Waals surface area (Å²) in [7, 11) is 0. The highest BCUT2D eigenvalue weighted by Gasteiger charge is 2.20. The Bertz CT molecular complexity index is 759. The summed E-state index contributed by atoms with van der Waals surface area (Å²) in [5.41, 5.74) is 4.61. The fraction of sp³-hybridized carbons (Fsp3) is 0.455. The number of aromatic nitrogens is 1. The average Bonchev–Trinajstić information content (AvgIpc) is 2.62. The quantitative estimate of drug-likeness (QED) is 0.823. The van der Waals surface area contributed by atoms with Crippen LogP contribution in [0.1, 0.15) is 31.9 Å². The van der Waals surface area contributed by atoms with Crippen molar-refractivity contribution in [3.63, 3.8) is 0 Å². The van der Waals surface area contributed by atoms with E-state index in [9.17, 15) is 4.79 Å². The number of piperazine rings is 1. The first kappa shape index (κ1) is 18.6. The molecule has 0 saturated carbocycles. The first-order chi connectivity index (χ1) is 12.4. The van der Waals surface area contributed by atoms with Crippen molar-refractivity contribution in [2.75, 3.05) is 31.1 Å². The summed E-state index contributed by atoms with van der Waals surface area (Å²) in [6.07, 6.45) is 2.48. The molecule has 0 radical (unpaired) electrons. The largest absolute Gasteiger partial charge is 0.354 e. The molecule has 1 saturated heterocycles. The Hall–Kier alpha value is -2.20. The van der Waals surface area contributed by atoms with E-state index in [4.69, 9.17) is 4.98 Å². The van der Waals surface area contributed by atoms with E-state index >= 15 is 0 Å². The number of Topliss-reactive ketones (excluding diaryl/α,β-unsaturated/α-hetero) is 1. The Kier molecular flexibility index (Phi) is 5.72. The van der Waals surface area contributed by atoms with E-state index in [1.165, 1.54) is 5.56 Å². The predicted molar refractivity (Wildman–Crippen MR) is 108 cm³/mol. The monoisotopic (exact) mass is 351 g/mol. The SMILES string of the molecule is CC(=O)Cc1ccc(-c2cnc(N3CCN(C(C)C)CC3)cc2C)cc1. The molecule has 26 heavy (non-hydrogen) atoms. The summed E-state index contributed by atoms with van der Waals surface area (Å²) in [6, 6.07) is 11.1. The number of aryl methyl sites for hydroxylation is 1. The highest BCUT2D eigenvalue weighted by atomic mass is 16.1. The summed E-state index contributed by atoms with van der Waals surface area (Å²) < 4.78 is 0. The predicted octanol–water partition coefficient (Wildman–Crippen LogP) is 3.72. The third-order valence-electron chi connectivity index (χ3n) is 5.18. The van der Waals surface area contributed by atoms with Crippen LogP contribution in [0.2, 0.25) is 0 Å². The minimum Gasteiger partial charge on any atom is -0.354 e. The summed E-state index contributed by atoms with van der Waals surface area (Å²) >= 11 is 0. The van der Waals surface area contributed by atoms with Gasteiger partial charge in [0, 0.05) is 50.4 Å². The standard InChI is InChI=1S/C22H29N3O/c1-16(2)24-9-11-25(12-10-24)22-13-17(3)21(15-23-22)20-7-5-19(6-8-20)14-18(4)26/h5-8,13,15-16H,9-12,14H2,1-4H3. The molecule has 0 spiro atoms. The smallest absolute Gasteiger partial charge is 0.134 e. The minimum absolute atomic E-state index is 0.192. The van der Waals surface area contributed by atoms with Crippen molar-refractivity contribution in [1.82, 2.24) is 9.88 Å². The van der Waals surface area contributed by atoms with Crippen molar-refractivity contribution in [2.24, 2.45) is 0 Å². The molecule has 0 amide bonds. The molecule has 0 N–H and O–H groups in total. The van der Waals surface area contributed by atoms with E-state index in [1.807, 2.05) is 18.3 Å². The average molecular weight is 351 g/mol. The van der Waals surface area contributed by atoms with Crippen molar-refractivity contribution in [2.45, 2.75) is 40.2 Å². The molecule has 1 aromatic carbocycles. The summed E-state index contributed by atoms with van der Waals surface area (Å²) in [4.78, 5) is 20.9. The van der Waals surface area contributed by atoms with Crippen LogP contribution in [-0.4, -0.2) is 47.9 Å². The number of carbonyl (C=O) groups excluding carboxylic acids is 1. The van der Waals surface area contributed by atoms with Crippen LogP contribution in [0.25, 0.3) is 11.1 Å². The molecular weight excluding hydrogens is 322 g/mol. The number of benzene rings is 1. The van der Waals surface area contributed by atoms with Gasteiger partial charge in [-0.25, -0.2) is 4.98 Å². The zero-order chi connectivity index (χ0) is 18.7. The second kappa shape index (κ2) is 8.00. The molecule has 1 fully saturated rings. The van der Waals surface area contributed by atoms with Gasteiger partial charge in [0.1, 0.15) is 11.6 Å². The van der Waals surface area contributed by atoms with E-state index in [2.05, 4.69) is 48.8 Å². The first-order valence-electron chi connectivity index (χ1n) is 9.48. The maximum absolute atomic E-state index is 11.2. The van der Waals surface area contributed by atoms with Crippen LogP contribution in [0.15, 0.2) is 36.5 Å². The van der Waals surface area contributed by atoms with Gasteiger partial charge in [0.05, 0.1) is 0 Å². The second-order valence-corrected chi connectivity index (χ2v) is 7.55. The number of anilines is 1. The summed E-state index contributed by atoms with van der Waals surface area (Å²) in [5, 5.41) is 0. The van der Waals surface area contributed by atoms with Gasteiger partial charge in [-0.05, 0) is 50.5 Å². The molecule has 1 aliphatic rings. The number of carbonyl (C=O) groups is 1. The Morgan fingerprint density at radius 1 is 1.12 bits per heavy atom. The zero-order valence-corrected chi connectivity index (χ0v) is 16.3. The Labute approximate surface area is 156 Å². The summed E-state index contributed by atoms with van der Waals surface area (Å²) in [6.45, 7) is 12.5. The Balaban J connectivity index is 1.73. The van der Waals surface area contributed by atoms with Gasteiger partial charge >= 0.3 is 0 Å². The molecule has 1 aromatic heterocycles. The molecule has 1 aliphatic heterocycles. The first-order valence-corrected chi connectivity index (χ1v) is 9.48. The van der Waals surface area contributed by atoms with Gasteiger partial charge in [0.2, 0.25) is 0 Å². The van der Waals surface area contributed by atoms with Crippen molar-refractivity contribution < 1.29 is 4.79 Å². The van der Waals surface area contributed by atoms with Crippen molar-refractivity contribution >= 4 is 11.6 Å². The van der Waals surface area contributed by atoms with Crippen LogP contribution in [0.5, 0.6) is 0 Å². The fourth-order valence-electron chi connectivity index (χ4n) is 3.57. The number of ketones is 1. The van der Waals surface area contributed by atoms with Crippen LogP contribution in [0.3, 0.4) is 0 Å². The van der Waals surface area contributed by atoms with E-state index in [1.54, 1.807) is 6.92 Å². The van der Waals surface area contributed by atoms with Crippen LogP contribution in [0, 0.1) is 6.92 Å². The van der Waals surface area contributed by atoms with Crippen LogP contribution >= 0.6 is 0 Å². The lowest BCUT2D eigenvalue weighted by Crippen LogP contribution is -2.49. The van der Waals surface area contributed by atoms with Gasteiger partial charge in [-0.2, -0.15) is 0 Å². The van der Waals surface area contributed by atoms with Crippen LogP contribution in [0.4, 0.5) is 5.82 Å². The second-order valence-electron chi connectivity index (χ2n) is 7.55. The third kappa shape index (κ3) is 4.31. The summed E-state index contributed by atoms with van der Waals surface area (Å²) in [5.74, 6) is 1.26. The molecule has 0 atom stereocenters. The molecular formula is C22H29N3O. The fourth-order valence-corrected chi connectivity index (χ4v) is 3.57. The van der Waals surface area contributed by atoms with E-state index < -0.39 is 0 Å². The molecule has 138 valence electrons. The van der Waals surface area contributed by atoms with Gasteiger partial charge in [-0.1, -0.05) is 24.3 Å². The number of rotatable bonds is 5. The molecule has 0 bridgehead atoms. The van der Waals surface area contributed by atoms with E-state index in [0.29, 0.717) is 12.5 Å². The van der Waals surface area contributed by atoms with Crippen molar-refractivity contribution in [3.8, 4) is 11.1 Å². The van der Waals surface area contributed by atoms with E-state index in [-0.39, 0.29) is 5.78 Å². The van der Waals surface area contributed by atoms with Gasteiger partial charge < -0.3 is 4.90 Å². The highest BCUT2D eigenvalue weighted by Crippen LogP contribution is 2.26. The third-order valence-corrected chi connectivity index (χ3v) is 5.18. The molecule has 3 rings (SSSR count). The van der Waals surface area contributed by atoms with Gasteiger partial charge in [-0.3, -0.25) is 9.69 Å². The van der Waals surface area contributed by atoms with Gasteiger partial charge in [-0.15, -0.1) is 0 Å². The van der Waals surface area contributed by atoms with Crippen LogP contribution in [-0.2, 0) is 11.2 Å². The molecule has 0 aliphatic carbocycles. The number of hydrogen-bond donors (Lipinski definition) is 0. The van der Waals surface area contributed by atoms with Gasteiger partial charge in [0.15, 0.2) is 0 Å². The lowest BCUT2D eigenvalue weighted by molar-refractivity contribution is -0.116. The molecule has 4 heteroatoms.